The van der Waals surface area contributed by atoms with Crippen molar-refractivity contribution in [3.63, 3.8) is 0 Å². The molecule has 1 unspecified atom stereocenters. The Morgan fingerprint density at radius 1 is 1.22 bits per heavy atom. The van der Waals surface area contributed by atoms with E-state index >= 15 is 0 Å². The SMILES string of the molecule is C=C1CC2(CCN(C(=C)c3ccccc3CC(F)F)CC2)CC(CC(C)C)/C1=C/C=C\C. The van der Waals surface area contributed by atoms with Crippen molar-refractivity contribution in [3.05, 3.63) is 77.9 Å². The van der Waals surface area contributed by atoms with Crippen LogP contribution in [0, 0.1) is 17.3 Å². The second-order valence-corrected chi connectivity index (χ2v) is 10.1. The maximum absolute atomic E-state index is 13.1. The smallest absolute Gasteiger partial charge is 0.242 e. The summed E-state index contributed by atoms with van der Waals surface area (Å²) < 4.78 is 26.1. The van der Waals surface area contributed by atoms with Gasteiger partial charge in [-0.25, -0.2) is 8.78 Å². The van der Waals surface area contributed by atoms with Crippen LogP contribution in [0.25, 0.3) is 5.70 Å². The number of alkyl halides is 2. The fourth-order valence-corrected chi connectivity index (χ4v) is 5.73. The Balaban J connectivity index is 1.73. The second-order valence-electron chi connectivity index (χ2n) is 10.1. The average molecular weight is 440 g/mol. The van der Waals surface area contributed by atoms with Crippen molar-refractivity contribution >= 4 is 5.70 Å². The molecule has 3 heteroatoms. The fourth-order valence-electron chi connectivity index (χ4n) is 5.73. The Kier molecular flexibility index (Phi) is 8.14. The molecular weight excluding hydrogens is 400 g/mol. The average Bonchev–Trinajstić information content (AvgIpc) is 2.73. The lowest BCUT2D eigenvalue weighted by atomic mass is 9.60. The van der Waals surface area contributed by atoms with Crippen LogP contribution in [0.1, 0.15) is 64.0 Å². The lowest BCUT2D eigenvalue weighted by molar-refractivity contribution is 0.0979. The summed E-state index contributed by atoms with van der Waals surface area (Å²) in [6, 6.07) is 7.49. The minimum Gasteiger partial charge on any atom is -0.371 e. The molecule has 174 valence electrons. The van der Waals surface area contributed by atoms with E-state index in [4.69, 9.17) is 0 Å². The van der Waals surface area contributed by atoms with Gasteiger partial charge in [0, 0.05) is 30.8 Å². The van der Waals surface area contributed by atoms with Gasteiger partial charge in [-0.2, -0.15) is 0 Å². The molecule has 3 rings (SSSR count). The van der Waals surface area contributed by atoms with Crippen LogP contribution in [0.2, 0.25) is 0 Å². The topological polar surface area (TPSA) is 3.24 Å². The van der Waals surface area contributed by atoms with Gasteiger partial charge in [0.15, 0.2) is 0 Å². The van der Waals surface area contributed by atoms with Gasteiger partial charge >= 0.3 is 0 Å². The minimum atomic E-state index is -2.34. The van der Waals surface area contributed by atoms with Crippen LogP contribution in [0.15, 0.2) is 66.8 Å². The second kappa shape index (κ2) is 10.6. The van der Waals surface area contributed by atoms with Crippen LogP contribution in [-0.2, 0) is 6.42 Å². The summed E-state index contributed by atoms with van der Waals surface area (Å²) in [5, 5.41) is 0. The van der Waals surface area contributed by atoms with Crippen molar-refractivity contribution in [2.75, 3.05) is 13.1 Å². The van der Waals surface area contributed by atoms with Gasteiger partial charge in [-0.15, -0.1) is 0 Å². The number of hydrogen-bond acceptors (Lipinski definition) is 1. The van der Waals surface area contributed by atoms with E-state index in [0.29, 0.717) is 22.8 Å². The number of allylic oxidation sites excluding steroid dienone is 5. The molecule has 1 aliphatic heterocycles. The van der Waals surface area contributed by atoms with Crippen LogP contribution >= 0.6 is 0 Å². The van der Waals surface area contributed by atoms with E-state index in [1.54, 1.807) is 6.07 Å². The zero-order valence-electron chi connectivity index (χ0n) is 20.0. The highest BCUT2D eigenvalue weighted by Gasteiger charge is 2.42. The van der Waals surface area contributed by atoms with Crippen LogP contribution in [-0.4, -0.2) is 24.4 Å². The zero-order chi connectivity index (χ0) is 23.3. The molecule has 0 bridgehead atoms. The summed E-state index contributed by atoms with van der Waals surface area (Å²) >= 11 is 0. The highest BCUT2D eigenvalue weighted by molar-refractivity contribution is 5.65. The molecule has 1 heterocycles. The van der Waals surface area contributed by atoms with Crippen LogP contribution in [0.3, 0.4) is 0 Å². The van der Waals surface area contributed by atoms with Crippen molar-refractivity contribution in [2.45, 2.75) is 65.7 Å². The molecule has 0 amide bonds. The molecule has 1 saturated heterocycles. The summed E-state index contributed by atoms with van der Waals surface area (Å²) in [6.45, 7) is 17.3. The third kappa shape index (κ3) is 5.79. The van der Waals surface area contributed by atoms with Gasteiger partial charge in [-0.3, -0.25) is 0 Å². The van der Waals surface area contributed by atoms with E-state index in [1.165, 1.54) is 24.0 Å². The molecule has 0 N–H and O–H groups in total. The third-order valence-electron chi connectivity index (χ3n) is 7.25. The third-order valence-corrected chi connectivity index (χ3v) is 7.25. The Hall–Kier alpha value is -2.16. The van der Waals surface area contributed by atoms with Crippen molar-refractivity contribution in [2.24, 2.45) is 17.3 Å². The van der Waals surface area contributed by atoms with Crippen LogP contribution < -0.4 is 0 Å². The molecule has 0 aromatic heterocycles. The standard InChI is InChI=1S/C29H39F2N/c1-6-7-11-26-22(4)19-29(20-25(26)17-21(2)3)13-15-32(16-14-29)23(5)27-12-9-8-10-24(27)18-28(30)31/h6-12,21,25,28H,4-5,13-20H2,1-3H3/b7-6-,26-11+. The fraction of sp³-hybridized carbons (Fsp3) is 0.517. The minimum absolute atomic E-state index is 0.217. The number of nitrogens with zero attached hydrogens (tertiary/aromatic N) is 1. The van der Waals surface area contributed by atoms with Gasteiger partial charge in [0.1, 0.15) is 0 Å². The van der Waals surface area contributed by atoms with Gasteiger partial charge in [0.05, 0.1) is 0 Å². The van der Waals surface area contributed by atoms with E-state index in [2.05, 4.69) is 57.1 Å². The first-order valence-corrected chi connectivity index (χ1v) is 12.1. The molecule has 32 heavy (non-hydrogen) atoms. The van der Waals surface area contributed by atoms with Crippen LogP contribution in [0.5, 0.6) is 0 Å². The number of hydrogen-bond donors (Lipinski definition) is 0. The molecule has 1 atom stereocenters. The highest BCUT2D eigenvalue weighted by atomic mass is 19.3. The Morgan fingerprint density at radius 3 is 2.53 bits per heavy atom. The van der Waals surface area contributed by atoms with E-state index < -0.39 is 6.43 Å². The van der Waals surface area contributed by atoms with Crippen molar-refractivity contribution in [1.29, 1.82) is 0 Å². The Bertz CT molecular complexity index is 869. The number of piperidine rings is 1. The molecule has 1 aliphatic carbocycles. The van der Waals surface area contributed by atoms with Crippen molar-refractivity contribution < 1.29 is 8.78 Å². The molecule has 1 aromatic rings. The Labute approximate surface area is 193 Å². The largest absolute Gasteiger partial charge is 0.371 e. The first-order chi connectivity index (χ1) is 15.2. The van der Waals surface area contributed by atoms with Gasteiger partial charge in [-0.05, 0) is 67.4 Å². The lowest BCUT2D eigenvalue weighted by Crippen LogP contribution is -2.42. The molecule has 0 radical (unpaired) electrons. The first kappa shape index (κ1) is 24.5. The van der Waals surface area contributed by atoms with E-state index in [1.807, 2.05) is 18.2 Å². The lowest BCUT2D eigenvalue weighted by Gasteiger charge is -2.49. The predicted molar refractivity (Wildman–Crippen MR) is 133 cm³/mol. The molecule has 1 saturated carbocycles. The zero-order valence-corrected chi connectivity index (χ0v) is 20.0. The van der Waals surface area contributed by atoms with E-state index in [-0.39, 0.29) is 6.42 Å². The monoisotopic (exact) mass is 439 g/mol. The molecule has 1 spiro atoms. The van der Waals surface area contributed by atoms with Gasteiger partial charge in [0.25, 0.3) is 0 Å². The summed E-state index contributed by atoms with van der Waals surface area (Å²) in [4.78, 5) is 2.31. The predicted octanol–water partition coefficient (Wildman–Crippen LogP) is 8.06. The summed E-state index contributed by atoms with van der Waals surface area (Å²) in [5.74, 6) is 1.22. The molecule has 2 fully saturated rings. The number of likely N-dealkylation sites (tertiary alicyclic amines) is 1. The quantitative estimate of drug-likeness (QED) is 0.415. The maximum atomic E-state index is 13.1. The summed E-state index contributed by atoms with van der Waals surface area (Å²) in [7, 11) is 0. The number of benzene rings is 1. The summed E-state index contributed by atoms with van der Waals surface area (Å²) in [5.41, 5.74) is 5.48. The van der Waals surface area contributed by atoms with Crippen molar-refractivity contribution in [1.82, 2.24) is 4.90 Å². The molecule has 1 nitrogen and oxygen atoms in total. The molecule has 2 aliphatic rings. The molecular formula is C29H39F2N. The van der Waals surface area contributed by atoms with E-state index in [0.717, 1.165) is 43.6 Å². The van der Waals surface area contributed by atoms with Gasteiger partial charge in [0.2, 0.25) is 6.43 Å². The summed E-state index contributed by atoms with van der Waals surface area (Å²) in [6.07, 6.45) is 9.64. The van der Waals surface area contributed by atoms with Gasteiger partial charge < -0.3 is 4.90 Å². The van der Waals surface area contributed by atoms with Crippen molar-refractivity contribution in [3.8, 4) is 0 Å². The van der Waals surface area contributed by atoms with Gasteiger partial charge in [-0.1, -0.05) is 75.1 Å². The maximum Gasteiger partial charge on any atom is 0.242 e. The normalized spacial score (nSPS) is 22.6. The van der Waals surface area contributed by atoms with E-state index in [9.17, 15) is 8.78 Å². The highest BCUT2D eigenvalue weighted by Crippen LogP contribution is 2.52. The number of halogens is 2. The molecule has 1 aromatic carbocycles. The Morgan fingerprint density at radius 2 is 1.91 bits per heavy atom. The van der Waals surface area contributed by atoms with Crippen LogP contribution in [0.4, 0.5) is 8.78 Å². The number of rotatable bonds is 7. The first-order valence-electron chi connectivity index (χ1n) is 12.1.